The van der Waals surface area contributed by atoms with Crippen molar-refractivity contribution in [2.75, 3.05) is 39.6 Å². The maximum absolute atomic E-state index is 11.8. The molecule has 22 aliphatic heterocycles. The lowest BCUT2D eigenvalue weighted by Crippen LogP contribution is -2.69. The van der Waals surface area contributed by atoms with E-state index in [0.29, 0.717) is 0 Å². The van der Waals surface area contributed by atoms with Gasteiger partial charge in [0.15, 0.2) is 37.7 Å². The van der Waals surface area contributed by atoms with Gasteiger partial charge in [-0.05, 0) is 0 Å². The molecular formula is C36H60O48S6. The van der Waals surface area contributed by atoms with Crippen LogP contribution in [-0.2, 0) is 144 Å². The van der Waals surface area contributed by atoms with Crippen LogP contribution in [0.1, 0.15) is 0 Å². The van der Waals surface area contributed by atoms with E-state index in [9.17, 15) is 139 Å². The fourth-order valence-electron chi connectivity index (χ4n) is 9.77. The fraction of sp³-hybridized carbons (Fsp3) is 1.00. The van der Waals surface area contributed by atoms with Crippen molar-refractivity contribution in [1.82, 2.24) is 0 Å². The molecule has 90 heavy (non-hydrogen) atoms. The van der Waals surface area contributed by atoms with E-state index in [0.717, 1.165) is 0 Å². The highest BCUT2D eigenvalue weighted by Crippen LogP contribution is 2.39. The molecule has 0 saturated carbocycles. The van der Waals surface area contributed by atoms with Crippen LogP contribution >= 0.6 is 0 Å². The quantitative estimate of drug-likeness (QED) is 0.0567. The summed E-state index contributed by atoms with van der Waals surface area (Å²) >= 11 is 0. The van der Waals surface area contributed by atoms with Gasteiger partial charge in [-0.3, -0.25) is 27.3 Å². The molecule has 0 spiro atoms. The third kappa shape index (κ3) is 19.7. The molecule has 22 fully saturated rings. The van der Waals surface area contributed by atoms with Gasteiger partial charge in [0.05, 0.1) is 39.6 Å². The first-order chi connectivity index (χ1) is 41.3. The van der Waals surface area contributed by atoms with Gasteiger partial charge in [0.2, 0.25) is 0 Å². The molecule has 0 amide bonds. The van der Waals surface area contributed by atoms with Crippen LogP contribution in [0, 0.1) is 0 Å². The van der Waals surface area contributed by atoms with Crippen molar-refractivity contribution in [1.29, 1.82) is 0 Å². The second-order valence-corrected chi connectivity index (χ2v) is 26.6. The van der Waals surface area contributed by atoms with E-state index in [2.05, 4.69) is 25.1 Å². The van der Waals surface area contributed by atoms with Gasteiger partial charge < -0.3 is 118 Å². The first-order valence-corrected chi connectivity index (χ1v) is 33.2. The molecule has 0 aromatic rings. The first kappa shape index (κ1) is 75.6. The molecule has 18 N–H and O–H groups in total. The topological polar surface area (TPSA) is 735 Å². The molecule has 22 aliphatic rings. The predicted octanol–water partition coefficient (Wildman–Crippen LogP) is -14.1. The molecule has 22 heterocycles. The summed E-state index contributed by atoms with van der Waals surface area (Å²) in [6.07, 6.45) is -77.2. The van der Waals surface area contributed by atoms with Crippen molar-refractivity contribution in [3.05, 3.63) is 0 Å². The summed E-state index contributed by atoms with van der Waals surface area (Å²) in [4.78, 5) is 0. The summed E-state index contributed by atoms with van der Waals surface area (Å²) in [7, 11) is -33.5. The van der Waals surface area contributed by atoms with Gasteiger partial charge >= 0.3 is 62.4 Å². The van der Waals surface area contributed by atoms with E-state index in [1.54, 1.807) is 0 Å². The molecule has 12 bridgehead atoms. The van der Waals surface area contributed by atoms with Gasteiger partial charge in [-0.25, -0.2) is 25.1 Å². The highest BCUT2D eigenvalue weighted by molar-refractivity contribution is 7.82. The number of rotatable bonds is 18. The average molecular weight is 1450 g/mol. The second-order valence-electron chi connectivity index (χ2n) is 20.0. The molecule has 0 aliphatic carbocycles. The lowest BCUT2D eigenvalue weighted by atomic mass is 9.94. The molecule has 22 rings (SSSR count). The van der Waals surface area contributed by atoms with E-state index in [-0.39, 0.29) is 0 Å². The summed E-state index contributed by atoms with van der Waals surface area (Å²) in [6.45, 7) is -9.47. The first-order valence-electron chi connectivity index (χ1n) is 25.0. The van der Waals surface area contributed by atoms with Gasteiger partial charge in [0.1, 0.15) is 146 Å². The SMILES string of the molecule is O=S(=O)(O)OCC1OC2OC3C(COS(=O)(=O)O)OC(OC4C(COS(=O)(=O)O)OC(OC5C(COS(=O)(=O)O)OC(OC6C(COS(=O)(=O)O)OC(OC7C(COS(=O)(=O)O)OC(OC1C(O)C2O)C(O)C7O)C(O)C6O)C(O)C5O)C(O)C4O)C(O)C3O. The van der Waals surface area contributed by atoms with Crippen molar-refractivity contribution in [2.45, 2.75) is 184 Å². The number of hydrogen-bond acceptors (Lipinski definition) is 42. The minimum absolute atomic E-state index is 1.58. The standard InChI is InChI=1S/C36H60O48S6/c37-13-19(43)31-73-7(1-67-85(49,50)51)25(13)79-32-20(44)14(38)27(9(74-32)3-69-87(55,56)57)81-34-22(46)16(40)29(11(76-34)5-71-89(61,62)63)83-36-24(48)18(42)30(12(78-36)6-72-90(64,65)66)84-35-23(47)17(41)28(10(77-35)4-70-88(58,59)60)82-33-21(45)15(39)26(80-31)8(75-33)2-68-86(52,53)54/h7-48H,1-6H2,(H,49,50,51)(H,52,53,54)(H,55,56,57)(H,58,59,60)(H,61,62,63)(H,64,65,66). The Morgan fingerprint density at radius 2 is 0.311 bits per heavy atom. The Kier molecular flexibility index (Phi) is 24.8. The summed E-state index contributed by atoms with van der Waals surface area (Å²) < 4.78 is 292. The molecule has 0 radical (unpaired) electrons. The fourth-order valence-corrected chi connectivity index (χ4v) is 11.6. The minimum Gasteiger partial charge on any atom is -0.387 e. The van der Waals surface area contributed by atoms with Crippen molar-refractivity contribution in [3.63, 3.8) is 0 Å². The Morgan fingerprint density at radius 1 is 0.200 bits per heavy atom. The molecule has 54 heteroatoms. The Bertz CT molecular complexity index is 2560. The highest BCUT2D eigenvalue weighted by Gasteiger charge is 2.60. The summed E-state index contributed by atoms with van der Waals surface area (Å²) in [6, 6.07) is 0. The number of ether oxygens (including phenoxy) is 12. The Hall–Kier alpha value is -1.74. The van der Waals surface area contributed by atoms with Crippen LogP contribution in [0.25, 0.3) is 0 Å². The van der Waals surface area contributed by atoms with Gasteiger partial charge in [-0.15, -0.1) is 0 Å². The average Bonchev–Trinajstić information content (AvgIpc) is 0.791. The van der Waals surface area contributed by atoms with E-state index >= 15 is 0 Å². The molecule has 48 nitrogen and oxygen atoms in total. The molecule has 30 unspecified atom stereocenters. The number of aliphatic hydroxyl groups excluding tert-OH is 12. The van der Waals surface area contributed by atoms with Gasteiger partial charge in [0.25, 0.3) is 0 Å². The molecule has 0 aromatic carbocycles. The van der Waals surface area contributed by atoms with E-state index in [4.69, 9.17) is 56.8 Å². The van der Waals surface area contributed by atoms with Gasteiger partial charge in [0, 0.05) is 0 Å². The zero-order valence-corrected chi connectivity index (χ0v) is 49.2. The lowest BCUT2D eigenvalue weighted by Gasteiger charge is -2.51. The maximum atomic E-state index is 11.8. The van der Waals surface area contributed by atoms with Crippen LogP contribution in [0.4, 0.5) is 0 Å². The van der Waals surface area contributed by atoms with E-state index < -0.39 is 286 Å². The Morgan fingerprint density at radius 3 is 0.411 bits per heavy atom. The van der Waals surface area contributed by atoms with Crippen LogP contribution in [0.2, 0.25) is 0 Å². The van der Waals surface area contributed by atoms with Crippen LogP contribution in [0.15, 0.2) is 0 Å². The monoisotopic (exact) mass is 1450 g/mol. The zero-order chi connectivity index (χ0) is 67.3. The van der Waals surface area contributed by atoms with Crippen LogP contribution < -0.4 is 0 Å². The van der Waals surface area contributed by atoms with Crippen LogP contribution in [0.3, 0.4) is 0 Å². The predicted molar refractivity (Wildman–Crippen MR) is 258 cm³/mol. The lowest BCUT2D eigenvalue weighted by molar-refractivity contribution is -0.403. The van der Waals surface area contributed by atoms with Gasteiger partial charge in [-0.1, -0.05) is 0 Å². The van der Waals surface area contributed by atoms with E-state index in [1.807, 2.05) is 0 Å². The number of aliphatic hydroxyl groups is 12. The molecule has 22 saturated heterocycles. The van der Waals surface area contributed by atoms with Crippen LogP contribution in [0.5, 0.6) is 0 Å². The summed E-state index contributed by atoms with van der Waals surface area (Å²) in [5.74, 6) is 0. The molecule has 528 valence electrons. The molecule has 30 atom stereocenters. The van der Waals surface area contributed by atoms with Crippen molar-refractivity contribution < 1.29 is 221 Å². The highest BCUT2D eigenvalue weighted by atomic mass is 32.3. The Balaban J connectivity index is 1.33. The normalized spacial score (nSPS) is 44.9. The Labute approximate surface area is 505 Å². The third-order valence-corrected chi connectivity index (χ3v) is 16.5. The second kappa shape index (κ2) is 29.5. The van der Waals surface area contributed by atoms with E-state index in [1.165, 1.54) is 0 Å². The summed E-state index contributed by atoms with van der Waals surface area (Å²) in [5, 5.41) is 138. The molecular weight excluding hydrogens is 1390 g/mol. The van der Waals surface area contributed by atoms with Gasteiger partial charge in [-0.2, -0.15) is 50.5 Å². The van der Waals surface area contributed by atoms with Crippen molar-refractivity contribution in [2.24, 2.45) is 0 Å². The third-order valence-electron chi connectivity index (χ3n) is 13.9. The summed E-state index contributed by atoms with van der Waals surface area (Å²) in [5.41, 5.74) is 0. The van der Waals surface area contributed by atoms with Crippen molar-refractivity contribution >= 4 is 62.4 Å². The number of hydrogen-bond donors (Lipinski definition) is 18. The largest absolute Gasteiger partial charge is 0.397 e. The van der Waals surface area contributed by atoms with Crippen LogP contribution in [-0.4, -0.2) is 363 Å². The minimum atomic E-state index is -5.59. The smallest absolute Gasteiger partial charge is 0.387 e. The zero-order valence-electron chi connectivity index (χ0n) is 44.3. The maximum Gasteiger partial charge on any atom is 0.397 e. The molecule has 0 aromatic heterocycles. The van der Waals surface area contributed by atoms with Crippen molar-refractivity contribution in [3.8, 4) is 0 Å².